The number of rotatable bonds is 3. The molecule has 0 heterocycles. The van der Waals surface area contributed by atoms with Crippen LogP contribution in [0.1, 0.15) is 5.56 Å². The second-order valence-corrected chi connectivity index (χ2v) is 6.26. The summed E-state index contributed by atoms with van der Waals surface area (Å²) in [4.78, 5) is 0. The van der Waals surface area contributed by atoms with Crippen LogP contribution in [0.25, 0.3) is 0 Å². The van der Waals surface area contributed by atoms with Gasteiger partial charge in [-0.25, -0.2) is 0 Å². The Balaban J connectivity index is 1.83. The van der Waals surface area contributed by atoms with Gasteiger partial charge >= 0.3 is 0 Å². The van der Waals surface area contributed by atoms with Gasteiger partial charge in [-0.2, -0.15) is 0 Å². The molecule has 18 heavy (non-hydrogen) atoms. The van der Waals surface area contributed by atoms with E-state index in [0.29, 0.717) is 0 Å². The summed E-state index contributed by atoms with van der Waals surface area (Å²) in [6.07, 6.45) is 0. The molecular formula is C14H12BrNS2. The summed E-state index contributed by atoms with van der Waals surface area (Å²) in [7, 11) is 0. The van der Waals surface area contributed by atoms with Crippen LogP contribution < -0.4 is 5.32 Å². The van der Waals surface area contributed by atoms with Crippen LogP contribution in [0.2, 0.25) is 0 Å². The molecule has 0 aliphatic heterocycles. The molecule has 0 saturated heterocycles. The van der Waals surface area contributed by atoms with Crippen LogP contribution in [0, 0.1) is 0 Å². The lowest BCUT2D eigenvalue weighted by Gasteiger charge is -2.07. The van der Waals surface area contributed by atoms with Crippen molar-refractivity contribution in [3.8, 4) is 0 Å². The topological polar surface area (TPSA) is 12.0 Å². The van der Waals surface area contributed by atoms with Gasteiger partial charge in [0.15, 0.2) is 0 Å². The van der Waals surface area contributed by atoms with E-state index < -0.39 is 0 Å². The maximum atomic E-state index is 5.30. The first-order valence-corrected chi connectivity index (χ1v) is 7.66. The number of para-hydroxylation sites is 1. The second-order valence-electron chi connectivity index (χ2n) is 3.69. The summed E-state index contributed by atoms with van der Waals surface area (Å²) >= 11 is 10.4. The molecule has 0 radical (unpaired) electrons. The SMILES string of the molecule is S=C(Nc1ccccc1)SCc1ccc(Br)cc1. The quantitative estimate of drug-likeness (QED) is 0.784. The lowest BCUT2D eigenvalue weighted by Crippen LogP contribution is -2.04. The zero-order valence-corrected chi connectivity index (χ0v) is 12.8. The third-order valence-corrected chi connectivity index (χ3v) is 4.13. The molecule has 0 unspecified atom stereocenters. The van der Waals surface area contributed by atoms with Crippen molar-refractivity contribution in [2.75, 3.05) is 5.32 Å². The van der Waals surface area contributed by atoms with Gasteiger partial charge in [-0.3, -0.25) is 0 Å². The van der Waals surface area contributed by atoms with Gasteiger partial charge in [-0.1, -0.05) is 70.2 Å². The van der Waals surface area contributed by atoms with Gasteiger partial charge in [0.05, 0.1) is 0 Å². The number of hydrogen-bond donors (Lipinski definition) is 1. The van der Waals surface area contributed by atoms with Crippen LogP contribution in [0.3, 0.4) is 0 Å². The molecule has 0 aliphatic rings. The van der Waals surface area contributed by atoms with E-state index in [1.807, 2.05) is 42.5 Å². The molecule has 0 atom stereocenters. The molecule has 0 aliphatic carbocycles. The summed E-state index contributed by atoms with van der Waals surface area (Å²) in [5.41, 5.74) is 2.30. The monoisotopic (exact) mass is 337 g/mol. The summed E-state index contributed by atoms with van der Waals surface area (Å²) in [6.45, 7) is 0. The van der Waals surface area contributed by atoms with Crippen LogP contribution in [0.4, 0.5) is 5.69 Å². The van der Waals surface area contributed by atoms with Crippen LogP contribution >= 0.6 is 39.9 Å². The fraction of sp³-hybridized carbons (Fsp3) is 0.0714. The molecule has 0 bridgehead atoms. The zero-order valence-electron chi connectivity index (χ0n) is 9.60. The molecule has 0 spiro atoms. The smallest absolute Gasteiger partial charge is 0.138 e. The number of halogens is 1. The number of thioether (sulfide) groups is 1. The summed E-state index contributed by atoms with van der Waals surface area (Å²) in [5, 5.41) is 3.21. The Bertz CT molecular complexity index is 511. The normalized spacial score (nSPS) is 10.1. The van der Waals surface area contributed by atoms with Crippen LogP contribution in [-0.4, -0.2) is 4.32 Å². The minimum absolute atomic E-state index is 0.795. The van der Waals surface area contributed by atoms with E-state index in [2.05, 4.69) is 33.4 Å². The molecule has 2 aromatic carbocycles. The Kier molecular flexibility index (Phi) is 5.23. The van der Waals surface area contributed by atoms with Gasteiger partial charge in [0.2, 0.25) is 0 Å². The molecule has 92 valence electrons. The van der Waals surface area contributed by atoms with Crippen molar-refractivity contribution in [2.45, 2.75) is 5.75 Å². The molecule has 1 N–H and O–H groups in total. The molecular weight excluding hydrogens is 326 g/mol. The molecule has 2 aromatic rings. The molecule has 2 rings (SSSR count). The molecule has 0 amide bonds. The van der Waals surface area contributed by atoms with Crippen LogP contribution in [0.5, 0.6) is 0 Å². The van der Waals surface area contributed by atoms with Gasteiger partial charge in [-0.05, 0) is 29.8 Å². The summed E-state index contributed by atoms with van der Waals surface area (Å²) < 4.78 is 1.89. The van der Waals surface area contributed by atoms with Crippen LogP contribution in [-0.2, 0) is 5.75 Å². The maximum absolute atomic E-state index is 5.30. The third kappa shape index (κ3) is 4.44. The Morgan fingerprint density at radius 3 is 2.39 bits per heavy atom. The highest BCUT2D eigenvalue weighted by atomic mass is 79.9. The minimum atomic E-state index is 0.795. The predicted octanol–water partition coefficient (Wildman–Crippen LogP) is 5.08. The van der Waals surface area contributed by atoms with Gasteiger partial charge in [0.25, 0.3) is 0 Å². The van der Waals surface area contributed by atoms with Gasteiger partial charge in [0.1, 0.15) is 4.32 Å². The third-order valence-electron chi connectivity index (χ3n) is 2.30. The number of nitrogens with one attached hydrogen (secondary N) is 1. The van der Waals surface area contributed by atoms with Crippen molar-refractivity contribution in [1.82, 2.24) is 0 Å². The summed E-state index contributed by atoms with van der Waals surface area (Å²) in [6, 6.07) is 18.3. The first-order chi connectivity index (χ1) is 8.74. The average Bonchev–Trinajstić information content (AvgIpc) is 2.39. The Labute approximate surface area is 125 Å². The molecule has 4 heteroatoms. The number of anilines is 1. The van der Waals surface area contributed by atoms with Gasteiger partial charge in [0, 0.05) is 15.9 Å². The Hall–Kier alpha value is -0.840. The zero-order chi connectivity index (χ0) is 12.8. The van der Waals surface area contributed by atoms with E-state index in [-0.39, 0.29) is 0 Å². The van der Waals surface area contributed by atoms with E-state index >= 15 is 0 Å². The first kappa shape index (κ1) is 13.6. The fourth-order valence-corrected chi connectivity index (χ4v) is 2.64. The van der Waals surface area contributed by atoms with Crippen molar-refractivity contribution < 1.29 is 0 Å². The number of thiocarbonyl (C=S) groups is 1. The van der Waals surface area contributed by atoms with E-state index in [1.54, 1.807) is 11.8 Å². The standard InChI is InChI=1S/C14H12BrNS2/c15-12-8-6-11(7-9-12)10-18-14(17)16-13-4-2-1-3-5-13/h1-9H,10H2,(H,16,17). The highest BCUT2D eigenvalue weighted by molar-refractivity contribution is 9.10. The molecule has 1 nitrogen and oxygen atoms in total. The first-order valence-electron chi connectivity index (χ1n) is 5.47. The summed E-state index contributed by atoms with van der Waals surface area (Å²) in [5.74, 6) is 0.881. The number of hydrogen-bond acceptors (Lipinski definition) is 2. The lowest BCUT2D eigenvalue weighted by atomic mass is 10.2. The largest absolute Gasteiger partial charge is 0.341 e. The predicted molar refractivity (Wildman–Crippen MR) is 88.1 cm³/mol. The Morgan fingerprint density at radius 1 is 1.06 bits per heavy atom. The molecule has 0 fully saturated rings. The highest BCUT2D eigenvalue weighted by Crippen LogP contribution is 2.18. The van der Waals surface area contributed by atoms with Crippen molar-refractivity contribution in [1.29, 1.82) is 0 Å². The van der Waals surface area contributed by atoms with Crippen molar-refractivity contribution in [3.05, 3.63) is 64.6 Å². The molecule has 0 aromatic heterocycles. The van der Waals surface area contributed by atoms with Crippen molar-refractivity contribution in [3.63, 3.8) is 0 Å². The van der Waals surface area contributed by atoms with Crippen molar-refractivity contribution >= 4 is 49.9 Å². The second kappa shape index (κ2) is 6.92. The lowest BCUT2D eigenvalue weighted by molar-refractivity contribution is 1.41. The van der Waals surface area contributed by atoms with E-state index in [9.17, 15) is 0 Å². The van der Waals surface area contributed by atoms with Gasteiger partial charge in [-0.15, -0.1) is 0 Å². The minimum Gasteiger partial charge on any atom is -0.341 e. The van der Waals surface area contributed by atoms with E-state index in [4.69, 9.17) is 12.2 Å². The van der Waals surface area contributed by atoms with E-state index in [0.717, 1.165) is 20.2 Å². The average molecular weight is 338 g/mol. The van der Waals surface area contributed by atoms with Gasteiger partial charge < -0.3 is 5.32 Å². The van der Waals surface area contributed by atoms with Crippen LogP contribution in [0.15, 0.2) is 59.1 Å². The highest BCUT2D eigenvalue weighted by Gasteiger charge is 2.00. The van der Waals surface area contributed by atoms with E-state index in [1.165, 1.54) is 5.56 Å². The fourth-order valence-electron chi connectivity index (χ4n) is 1.40. The number of benzene rings is 2. The Morgan fingerprint density at radius 2 is 1.72 bits per heavy atom. The van der Waals surface area contributed by atoms with Crippen molar-refractivity contribution in [2.24, 2.45) is 0 Å². The molecule has 0 saturated carbocycles. The maximum Gasteiger partial charge on any atom is 0.138 e.